The van der Waals surface area contributed by atoms with Gasteiger partial charge in [0.1, 0.15) is 0 Å². The number of amides is 2. The quantitative estimate of drug-likeness (QED) is 0.209. The van der Waals surface area contributed by atoms with Crippen molar-refractivity contribution in [2.24, 2.45) is 0 Å². The minimum atomic E-state index is -4.50. The van der Waals surface area contributed by atoms with E-state index in [0.29, 0.717) is 33.2 Å². The molecule has 0 unspecified atom stereocenters. The number of aromatic nitrogens is 1. The van der Waals surface area contributed by atoms with Gasteiger partial charge in [0.05, 0.1) is 39.1 Å². The van der Waals surface area contributed by atoms with Gasteiger partial charge in [-0.1, -0.05) is 60.2 Å². The highest BCUT2D eigenvalue weighted by atomic mass is 19.4. The van der Waals surface area contributed by atoms with Crippen molar-refractivity contribution in [2.45, 2.75) is 13.1 Å². The summed E-state index contributed by atoms with van der Waals surface area (Å²) in [4.78, 5) is 28.9. The maximum Gasteiger partial charge on any atom is 0.416 e. The van der Waals surface area contributed by atoms with Crippen molar-refractivity contribution in [3.05, 3.63) is 131 Å². The molecular weight excluding hydrogens is 525 g/mol. The third-order valence-corrected chi connectivity index (χ3v) is 7.59. The summed E-state index contributed by atoms with van der Waals surface area (Å²) >= 11 is 0. The number of nitrogens with zero attached hydrogens (tertiary/aromatic N) is 2. The van der Waals surface area contributed by atoms with E-state index in [1.54, 1.807) is 41.0 Å². The molecule has 200 valence electrons. The normalized spacial score (nSPS) is 13.4. The highest BCUT2D eigenvalue weighted by Gasteiger charge is 2.39. The van der Waals surface area contributed by atoms with Gasteiger partial charge in [-0.15, -0.1) is 0 Å². The standard InChI is InChI=1S/C34H21F3N2O2/c1-20-13-15-28-26(17-20)27-19-23(34(35,36)37)14-16-29(27)39(28)30-12-6-11-25-31(30)33(41)38(32(25)40)24-10-5-9-22(18-24)21-7-3-2-4-8-21/h2-19H,1H3. The van der Waals surface area contributed by atoms with Crippen LogP contribution < -0.4 is 4.90 Å². The monoisotopic (exact) mass is 546 g/mol. The number of carbonyl (C=O) groups excluding carboxylic acids is 2. The van der Waals surface area contributed by atoms with Crippen LogP contribution in [0.5, 0.6) is 0 Å². The molecule has 0 fully saturated rings. The van der Waals surface area contributed by atoms with Gasteiger partial charge >= 0.3 is 6.18 Å². The lowest BCUT2D eigenvalue weighted by Gasteiger charge is -2.16. The highest BCUT2D eigenvalue weighted by molar-refractivity contribution is 6.36. The van der Waals surface area contributed by atoms with Crippen molar-refractivity contribution >= 4 is 39.3 Å². The van der Waals surface area contributed by atoms with E-state index in [1.807, 2.05) is 61.5 Å². The molecule has 0 bridgehead atoms. The van der Waals surface area contributed by atoms with E-state index in [9.17, 15) is 22.8 Å². The first-order valence-electron chi connectivity index (χ1n) is 13.0. The smallest absolute Gasteiger partial charge is 0.308 e. The summed E-state index contributed by atoms with van der Waals surface area (Å²) in [6, 6.07) is 31.1. The van der Waals surface area contributed by atoms with E-state index in [2.05, 4.69) is 0 Å². The Balaban J connectivity index is 1.42. The number of halogens is 3. The van der Waals surface area contributed by atoms with E-state index in [1.165, 1.54) is 11.0 Å². The Kier molecular flexibility index (Phi) is 5.41. The summed E-state index contributed by atoms with van der Waals surface area (Å²) in [7, 11) is 0. The second kappa shape index (κ2) is 8.93. The van der Waals surface area contributed by atoms with Gasteiger partial charge in [-0.3, -0.25) is 9.59 Å². The second-order valence-corrected chi connectivity index (χ2v) is 10.1. The molecule has 7 rings (SSSR count). The van der Waals surface area contributed by atoms with Crippen LogP contribution in [-0.2, 0) is 6.18 Å². The average Bonchev–Trinajstić information content (AvgIpc) is 3.43. The maximum atomic E-state index is 14.0. The van der Waals surface area contributed by atoms with E-state index in [0.717, 1.165) is 28.8 Å². The van der Waals surface area contributed by atoms with Crippen molar-refractivity contribution in [3.63, 3.8) is 0 Å². The third-order valence-electron chi connectivity index (χ3n) is 7.59. The van der Waals surface area contributed by atoms with Crippen LogP contribution in [0.15, 0.2) is 109 Å². The summed E-state index contributed by atoms with van der Waals surface area (Å²) in [6.45, 7) is 1.88. The molecule has 4 nitrogen and oxygen atoms in total. The molecule has 41 heavy (non-hydrogen) atoms. The highest BCUT2D eigenvalue weighted by Crippen LogP contribution is 2.40. The lowest BCUT2D eigenvalue weighted by molar-refractivity contribution is -0.137. The Hall–Kier alpha value is -5.17. The maximum absolute atomic E-state index is 14.0. The Morgan fingerprint density at radius 1 is 0.634 bits per heavy atom. The molecule has 5 aromatic carbocycles. The topological polar surface area (TPSA) is 42.3 Å². The van der Waals surface area contributed by atoms with Gasteiger partial charge in [0.25, 0.3) is 11.8 Å². The number of fused-ring (bicyclic) bond motifs is 4. The zero-order chi connectivity index (χ0) is 28.5. The number of alkyl halides is 3. The SMILES string of the molecule is Cc1ccc2c(c1)c1cc(C(F)(F)F)ccc1n2-c1cccc2c1C(=O)N(c1cccc(-c3ccccc3)c1)C2=O. The molecule has 0 aliphatic carbocycles. The minimum Gasteiger partial charge on any atom is -0.308 e. The molecule has 0 atom stereocenters. The molecule has 0 spiro atoms. The van der Waals surface area contributed by atoms with E-state index >= 15 is 0 Å². The lowest BCUT2D eigenvalue weighted by atomic mass is 10.0. The van der Waals surface area contributed by atoms with Crippen LogP contribution >= 0.6 is 0 Å². The molecule has 2 amide bonds. The first-order valence-corrected chi connectivity index (χ1v) is 13.0. The Morgan fingerprint density at radius 2 is 1.32 bits per heavy atom. The van der Waals surface area contributed by atoms with Crippen LogP contribution in [0.4, 0.5) is 18.9 Å². The number of imide groups is 1. The Labute approximate surface area is 232 Å². The molecule has 1 aromatic heterocycles. The fourth-order valence-electron chi connectivity index (χ4n) is 5.72. The predicted octanol–water partition coefficient (Wildman–Crippen LogP) is 8.58. The van der Waals surface area contributed by atoms with Crippen LogP contribution in [0, 0.1) is 6.92 Å². The Bertz CT molecular complexity index is 2040. The number of benzene rings is 5. The van der Waals surface area contributed by atoms with E-state index < -0.39 is 23.6 Å². The third kappa shape index (κ3) is 3.84. The van der Waals surface area contributed by atoms with Crippen molar-refractivity contribution in [1.82, 2.24) is 4.57 Å². The van der Waals surface area contributed by atoms with Gasteiger partial charge in [-0.05, 0) is 72.6 Å². The zero-order valence-electron chi connectivity index (χ0n) is 21.7. The van der Waals surface area contributed by atoms with Gasteiger partial charge in [-0.25, -0.2) is 4.90 Å². The van der Waals surface area contributed by atoms with E-state index in [4.69, 9.17) is 0 Å². The average molecular weight is 547 g/mol. The molecule has 0 saturated heterocycles. The van der Waals surface area contributed by atoms with Crippen LogP contribution in [0.3, 0.4) is 0 Å². The summed E-state index contributed by atoms with van der Waals surface area (Å²) in [5.74, 6) is -0.937. The number of anilines is 1. The fraction of sp³-hybridized carbons (Fsp3) is 0.0588. The van der Waals surface area contributed by atoms with Crippen LogP contribution in [0.2, 0.25) is 0 Å². The van der Waals surface area contributed by atoms with Crippen LogP contribution in [0.25, 0.3) is 38.6 Å². The van der Waals surface area contributed by atoms with Crippen molar-refractivity contribution in [1.29, 1.82) is 0 Å². The summed E-state index contributed by atoms with van der Waals surface area (Å²) < 4.78 is 42.7. The summed E-state index contributed by atoms with van der Waals surface area (Å²) in [6.07, 6.45) is -4.50. The first kappa shape index (κ1) is 24.8. The van der Waals surface area contributed by atoms with Crippen molar-refractivity contribution < 1.29 is 22.8 Å². The van der Waals surface area contributed by atoms with Crippen molar-refractivity contribution in [2.75, 3.05) is 4.90 Å². The molecular formula is C34H21F3N2O2. The molecule has 7 heteroatoms. The Morgan fingerprint density at radius 3 is 2.07 bits per heavy atom. The number of carbonyl (C=O) groups is 2. The number of hydrogen-bond acceptors (Lipinski definition) is 2. The molecule has 2 heterocycles. The predicted molar refractivity (Wildman–Crippen MR) is 154 cm³/mol. The molecule has 0 radical (unpaired) electrons. The number of rotatable bonds is 3. The van der Waals surface area contributed by atoms with Gasteiger partial charge in [0.15, 0.2) is 0 Å². The van der Waals surface area contributed by atoms with Crippen LogP contribution in [0.1, 0.15) is 31.8 Å². The lowest BCUT2D eigenvalue weighted by Crippen LogP contribution is -2.29. The van der Waals surface area contributed by atoms with Crippen molar-refractivity contribution in [3.8, 4) is 16.8 Å². The van der Waals surface area contributed by atoms with Gasteiger partial charge < -0.3 is 4.57 Å². The number of hydrogen-bond donors (Lipinski definition) is 0. The molecule has 6 aromatic rings. The summed E-state index contributed by atoms with van der Waals surface area (Å²) in [5, 5.41) is 1.05. The molecule has 1 aliphatic heterocycles. The minimum absolute atomic E-state index is 0.210. The largest absolute Gasteiger partial charge is 0.416 e. The van der Waals surface area contributed by atoms with Crippen LogP contribution in [-0.4, -0.2) is 16.4 Å². The van der Waals surface area contributed by atoms with Gasteiger partial charge in [0, 0.05) is 10.8 Å². The van der Waals surface area contributed by atoms with Gasteiger partial charge in [-0.2, -0.15) is 13.2 Å². The first-order chi connectivity index (χ1) is 19.7. The number of aryl methyl sites for hydroxylation is 1. The zero-order valence-corrected chi connectivity index (χ0v) is 21.7. The molecule has 0 N–H and O–H groups in total. The summed E-state index contributed by atoms with van der Waals surface area (Å²) in [5.41, 5.74) is 4.43. The molecule has 0 saturated carbocycles. The van der Waals surface area contributed by atoms with E-state index in [-0.39, 0.29) is 11.1 Å². The second-order valence-electron chi connectivity index (χ2n) is 10.1. The van der Waals surface area contributed by atoms with Gasteiger partial charge in [0.2, 0.25) is 0 Å². The fourth-order valence-corrected chi connectivity index (χ4v) is 5.72. The molecule has 1 aliphatic rings.